The van der Waals surface area contributed by atoms with Crippen LogP contribution in [0.2, 0.25) is 0 Å². The third kappa shape index (κ3) is 2.67. The van der Waals surface area contributed by atoms with Crippen molar-refractivity contribution in [2.24, 2.45) is 7.05 Å². The van der Waals surface area contributed by atoms with Crippen LogP contribution in [0.4, 0.5) is 5.69 Å². The Bertz CT molecular complexity index is 583. The lowest BCUT2D eigenvalue weighted by atomic mass is 10.1. The largest absolute Gasteiger partial charge is 0.350 e. The van der Waals surface area contributed by atoms with Crippen LogP contribution in [0.25, 0.3) is 10.9 Å². The molecule has 3 rings (SSSR count). The van der Waals surface area contributed by atoms with Gasteiger partial charge in [0.05, 0.1) is 5.69 Å². The van der Waals surface area contributed by atoms with Gasteiger partial charge in [-0.1, -0.05) is 12.8 Å². The minimum Gasteiger partial charge on any atom is -0.350 e. The van der Waals surface area contributed by atoms with Crippen LogP contribution in [0.15, 0.2) is 24.4 Å². The minimum atomic E-state index is 0.751. The standard InChI is InChI=1S/C16H23N3O/c1-18-11-13(12-19-8-4-2-3-5-9-19)15-10-14(17-20)6-7-16(15)18/h6-7,10-11,17,20H,2-5,8-9,12H2,1H3. The molecule has 1 aromatic carbocycles. The molecule has 2 aromatic rings. The summed E-state index contributed by atoms with van der Waals surface area (Å²) in [4.78, 5) is 2.56. The molecule has 0 saturated carbocycles. The van der Waals surface area contributed by atoms with Crippen molar-refractivity contribution in [2.45, 2.75) is 32.2 Å². The van der Waals surface area contributed by atoms with Gasteiger partial charge in [-0.15, -0.1) is 0 Å². The first-order valence-corrected chi connectivity index (χ1v) is 7.48. The van der Waals surface area contributed by atoms with E-state index < -0.39 is 0 Å². The van der Waals surface area contributed by atoms with Gasteiger partial charge in [0, 0.05) is 30.7 Å². The molecule has 0 spiro atoms. The molecule has 0 aliphatic carbocycles. The van der Waals surface area contributed by atoms with Gasteiger partial charge in [-0.25, -0.2) is 0 Å². The first-order chi connectivity index (χ1) is 9.78. The Morgan fingerprint density at radius 3 is 2.60 bits per heavy atom. The molecule has 0 atom stereocenters. The van der Waals surface area contributed by atoms with E-state index in [0.29, 0.717) is 0 Å². The van der Waals surface area contributed by atoms with Gasteiger partial charge in [0.25, 0.3) is 0 Å². The van der Waals surface area contributed by atoms with Gasteiger partial charge in [0.2, 0.25) is 0 Å². The van der Waals surface area contributed by atoms with Crippen molar-refractivity contribution in [3.05, 3.63) is 30.0 Å². The molecule has 108 valence electrons. The first-order valence-electron chi connectivity index (χ1n) is 7.48. The topological polar surface area (TPSA) is 40.4 Å². The Morgan fingerprint density at radius 2 is 1.90 bits per heavy atom. The lowest BCUT2D eigenvalue weighted by Gasteiger charge is -2.19. The molecule has 1 aliphatic heterocycles. The summed E-state index contributed by atoms with van der Waals surface area (Å²) in [5.74, 6) is 0. The van der Waals surface area contributed by atoms with E-state index in [2.05, 4.69) is 34.3 Å². The summed E-state index contributed by atoms with van der Waals surface area (Å²) in [6.07, 6.45) is 7.58. The molecular weight excluding hydrogens is 250 g/mol. The molecule has 4 nitrogen and oxygen atoms in total. The number of aryl methyl sites for hydroxylation is 1. The number of rotatable bonds is 3. The van der Waals surface area contributed by atoms with E-state index in [-0.39, 0.29) is 0 Å². The van der Waals surface area contributed by atoms with Gasteiger partial charge >= 0.3 is 0 Å². The highest BCUT2D eigenvalue weighted by atomic mass is 16.5. The van der Waals surface area contributed by atoms with E-state index in [1.165, 1.54) is 55.2 Å². The fourth-order valence-electron chi connectivity index (χ4n) is 3.20. The van der Waals surface area contributed by atoms with E-state index in [4.69, 9.17) is 5.21 Å². The van der Waals surface area contributed by atoms with Gasteiger partial charge in [0.1, 0.15) is 0 Å². The van der Waals surface area contributed by atoms with Crippen molar-refractivity contribution in [3.8, 4) is 0 Å². The molecule has 0 unspecified atom stereocenters. The predicted molar refractivity (Wildman–Crippen MR) is 82.1 cm³/mol. The molecule has 1 aromatic heterocycles. The Balaban J connectivity index is 1.89. The second-order valence-electron chi connectivity index (χ2n) is 5.80. The Morgan fingerprint density at radius 1 is 1.15 bits per heavy atom. The third-order valence-corrected chi connectivity index (χ3v) is 4.29. The maximum absolute atomic E-state index is 9.09. The average molecular weight is 273 g/mol. The SMILES string of the molecule is Cn1cc(CN2CCCCCC2)c2cc(NO)ccc21. The summed E-state index contributed by atoms with van der Waals surface area (Å²) in [5, 5.41) is 10.3. The first kappa shape index (κ1) is 13.5. The van der Waals surface area contributed by atoms with Crippen LogP contribution < -0.4 is 5.48 Å². The lowest BCUT2D eigenvalue weighted by molar-refractivity contribution is 0.278. The summed E-state index contributed by atoms with van der Waals surface area (Å²) in [6, 6.07) is 5.99. The van der Waals surface area contributed by atoms with Crippen molar-refractivity contribution in [1.82, 2.24) is 9.47 Å². The normalized spacial score (nSPS) is 17.3. The van der Waals surface area contributed by atoms with Crippen molar-refractivity contribution >= 4 is 16.6 Å². The van der Waals surface area contributed by atoms with Crippen LogP contribution in [0.5, 0.6) is 0 Å². The lowest BCUT2D eigenvalue weighted by Crippen LogP contribution is -2.23. The monoisotopic (exact) mass is 273 g/mol. The molecule has 4 heteroatoms. The summed E-state index contributed by atoms with van der Waals surface area (Å²) in [5.41, 5.74) is 5.56. The Labute approximate surface area is 120 Å². The molecule has 2 N–H and O–H groups in total. The Hall–Kier alpha value is -1.52. The fraction of sp³-hybridized carbons (Fsp3) is 0.500. The average Bonchev–Trinajstić information content (AvgIpc) is 2.66. The number of nitrogens with zero attached hydrogens (tertiary/aromatic N) is 2. The number of hydrogen-bond donors (Lipinski definition) is 2. The maximum atomic E-state index is 9.09. The molecule has 0 radical (unpaired) electrons. The number of fused-ring (bicyclic) bond motifs is 1. The Kier molecular flexibility index (Phi) is 3.94. The molecule has 0 amide bonds. The third-order valence-electron chi connectivity index (χ3n) is 4.29. The second kappa shape index (κ2) is 5.85. The molecule has 20 heavy (non-hydrogen) atoms. The highest BCUT2D eigenvalue weighted by Crippen LogP contribution is 2.26. The van der Waals surface area contributed by atoms with Crippen LogP contribution in [-0.2, 0) is 13.6 Å². The molecule has 1 fully saturated rings. The van der Waals surface area contributed by atoms with Crippen molar-refractivity contribution in [1.29, 1.82) is 0 Å². The van der Waals surface area contributed by atoms with Gasteiger partial charge in [0.15, 0.2) is 0 Å². The second-order valence-corrected chi connectivity index (χ2v) is 5.80. The zero-order valence-electron chi connectivity index (χ0n) is 12.1. The highest BCUT2D eigenvalue weighted by molar-refractivity contribution is 5.87. The van der Waals surface area contributed by atoms with Crippen LogP contribution in [-0.4, -0.2) is 27.8 Å². The quantitative estimate of drug-likeness (QED) is 0.843. The van der Waals surface area contributed by atoms with E-state index in [1.807, 2.05) is 12.1 Å². The van der Waals surface area contributed by atoms with Crippen LogP contribution in [0.1, 0.15) is 31.2 Å². The van der Waals surface area contributed by atoms with Crippen molar-refractivity contribution < 1.29 is 5.21 Å². The van der Waals surface area contributed by atoms with E-state index in [9.17, 15) is 0 Å². The van der Waals surface area contributed by atoms with E-state index >= 15 is 0 Å². The van der Waals surface area contributed by atoms with Crippen molar-refractivity contribution in [3.63, 3.8) is 0 Å². The number of anilines is 1. The smallest absolute Gasteiger partial charge is 0.0609 e. The molecule has 1 saturated heterocycles. The summed E-state index contributed by atoms with van der Waals surface area (Å²) in [7, 11) is 2.08. The van der Waals surface area contributed by atoms with Gasteiger partial charge in [-0.2, -0.15) is 0 Å². The van der Waals surface area contributed by atoms with E-state index in [0.717, 1.165) is 12.2 Å². The maximum Gasteiger partial charge on any atom is 0.0609 e. The zero-order chi connectivity index (χ0) is 13.9. The molecule has 1 aliphatic rings. The number of nitrogens with one attached hydrogen (secondary N) is 1. The number of likely N-dealkylation sites (tertiary alicyclic amines) is 1. The van der Waals surface area contributed by atoms with Crippen LogP contribution >= 0.6 is 0 Å². The number of hydrogen-bond acceptors (Lipinski definition) is 3. The highest BCUT2D eigenvalue weighted by Gasteiger charge is 2.13. The predicted octanol–water partition coefficient (Wildman–Crippen LogP) is 3.36. The fourth-order valence-corrected chi connectivity index (χ4v) is 3.20. The minimum absolute atomic E-state index is 0.751. The number of aromatic nitrogens is 1. The summed E-state index contributed by atoms with van der Waals surface area (Å²) in [6.45, 7) is 3.41. The molecule has 2 heterocycles. The van der Waals surface area contributed by atoms with Gasteiger partial charge in [-0.3, -0.25) is 15.6 Å². The van der Waals surface area contributed by atoms with Crippen molar-refractivity contribution in [2.75, 3.05) is 18.6 Å². The van der Waals surface area contributed by atoms with Gasteiger partial charge < -0.3 is 4.57 Å². The zero-order valence-corrected chi connectivity index (χ0v) is 12.1. The number of benzene rings is 1. The van der Waals surface area contributed by atoms with Gasteiger partial charge in [-0.05, 0) is 49.7 Å². The molecule has 0 bridgehead atoms. The molecular formula is C16H23N3O. The summed E-state index contributed by atoms with van der Waals surface area (Å²) >= 11 is 0. The van der Waals surface area contributed by atoms with Crippen LogP contribution in [0, 0.1) is 0 Å². The van der Waals surface area contributed by atoms with E-state index in [1.54, 1.807) is 0 Å². The summed E-state index contributed by atoms with van der Waals surface area (Å²) < 4.78 is 2.17. The van der Waals surface area contributed by atoms with Crippen LogP contribution in [0.3, 0.4) is 0 Å².